The molecule has 0 bridgehead atoms. The molecule has 0 unspecified atom stereocenters. The van der Waals surface area contributed by atoms with Crippen molar-refractivity contribution in [1.82, 2.24) is 0 Å². The van der Waals surface area contributed by atoms with Gasteiger partial charge in [0, 0.05) is 22.3 Å². The summed E-state index contributed by atoms with van der Waals surface area (Å²) in [4.78, 5) is 27.5. The number of hydrogen-bond donors (Lipinski definition) is 2. The molecular formula is C28H30Br2O4. The molecular weight excluding hydrogens is 560 g/mol. The summed E-state index contributed by atoms with van der Waals surface area (Å²) in [5, 5.41) is 22.1. The van der Waals surface area contributed by atoms with Crippen LogP contribution in [0.5, 0.6) is 11.5 Å². The fraction of sp³-hybridized carbons (Fsp3) is 0.429. The number of benzene rings is 2. The number of carbonyl (C=O) groups is 2. The second-order valence-electron chi connectivity index (χ2n) is 11.8. The van der Waals surface area contributed by atoms with Gasteiger partial charge >= 0.3 is 0 Å². The van der Waals surface area contributed by atoms with Gasteiger partial charge in [-0.05, 0) is 90.3 Å². The summed E-state index contributed by atoms with van der Waals surface area (Å²) in [6.07, 6.45) is 1.79. The van der Waals surface area contributed by atoms with Crippen LogP contribution in [-0.2, 0) is 16.2 Å². The lowest BCUT2D eigenvalue weighted by atomic mass is 9.61. The first-order valence-corrected chi connectivity index (χ1v) is 13.0. The smallest absolute Gasteiger partial charge is 0.201 e. The van der Waals surface area contributed by atoms with E-state index < -0.39 is 11.2 Å². The van der Waals surface area contributed by atoms with Crippen LogP contribution in [0.15, 0.2) is 27.2 Å². The molecule has 2 N–H and O–H groups in total. The summed E-state index contributed by atoms with van der Waals surface area (Å²) < 4.78 is 0.598. The first-order chi connectivity index (χ1) is 15.5. The van der Waals surface area contributed by atoms with Crippen LogP contribution in [0.25, 0.3) is 5.57 Å². The lowest BCUT2D eigenvalue weighted by Crippen LogP contribution is -2.35. The molecule has 0 atom stereocenters. The first kappa shape index (κ1) is 25.2. The Morgan fingerprint density at radius 3 is 2.03 bits per heavy atom. The lowest BCUT2D eigenvalue weighted by molar-refractivity contribution is 0.0996. The maximum atomic E-state index is 13.9. The SMILES string of the molecule is CC(C)(C)c1cc(C2=C(Br)C(=O)c3cc4c(c(O)c3C2=O)C(C)(C)CCC4(C)C)cc(Br)c1O. The number of fused-ring (bicyclic) bond motifs is 2. The molecule has 0 saturated heterocycles. The molecule has 0 spiro atoms. The maximum absolute atomic E-state index is 13.9. The molecule has 34 heavy (non-hydrogen) atoms. The summed E-state index contributed by atoms with van der Waals surface area (Å²) in [6, 6.07) is 5.20. The number of phenolic OH excluding ortho intramolecular Hbond substituents is 2. The molecule has 180 valence electrons. The van der Waals surface area contributed by atoms with E-state index in [1.807, 2.05) is 26.8 Å². The van der Waals surface area contributed by atoms with Gasteiger partial charge in [0.25, 0.3) is 0 Å². The fourth-order valence-corrected chi connectivity index (χ4v) is 6.29. The van der Waals surface area contributed by atoms with E-state index in [2.05, 4.69) is 59.6 Å². The van der Waals surface area contributed by atoms with Gasteiger partial charge in [0.15, 0.2) is 5.78 Å². The maximum Gasteiger partial charge on any atom is 0.201 e. The van der Waals surface area contributed by atoms with Crippen molar-refractivity contribution in [3.8, 4) is 11.5 Å². The van der Waals surface area contributed by atoms with Crippen LogP contribution in [0.3, 0.4) is 0 Å². The van der Waals surface area contributed by atoms with Crippen molar-refractivity contribution in [3.05, 3.63) is 60.5 Å². The Morgan fingerprint density at radius 2 is 1.44 bits per heavy atom. The van der Waals surface area contributed by atoms with Gasteiger partial charge in [-0.15, -0.1) is 0 Å². The van der Waals surface area contributed by atoms with Crippen molar-refractivity contribution in [2.24, 2.45) is 0 Å². The van der Waals surface area contributed by atoms with E-state index in [9.17, 15) is 19.8 Å². The molecule has 0 fully saturated rings. The van der Waals surface area contributed by atoms with Crippen molar-refractivity contribution in [2.75, 3.05) is 0 Å². The van der Waals surface area contributed by atoms with Crippen molar-refractivity contribution >= 4 is 49.0 Å². The average molecular weight is 590 g/mol. The highest BCUT2D eigenvalue weighted by Crippen LogP contribution is 2.53. The molecule has 0 radical (unpaired) electrons. The van der Waals surface area contributed by atoms with E-state index in [4.69, 9.17) is 0 Å². The van der Waals surface area contributed by atoms with Crippen LogP contribution in [0.2, 0.25) is 0 Å². The predicted molar refractivity (Wildman–Crippen MR) is 142 cm³/mol. The lowest BCUT2D eigenvalue weighted by Gasteiger charge is -2.43. The summed E-state index contributed by atoms with van der Waals surface area (Å²) in [7, 11) is 0. The number of rotatable bonds is 1. The molecule has 0 saturated carbocycles. The van der Waals surface area contributed by atoms with Gasteiger partial charge in [0.1, 0.15) is 11.5 Å². The minimum absolute atomic E-state index is 0.0641. The Hall–Kier alpha value is -1.92. The first-order valence-electron chi connectivity index (χ1n) is 11.4. The standard InChI is InChI=1S/C28H30Br2O4/c1-26(2,3)16-10-13(11-17(29)23(16)32)18-21(30)22(31)14-12-15-20(25(34)19(14)24(18)33)28(6,7)9-8-27(15,4)5/h10-12,32,34H,8-9H2,1-7H3. The van der Waals surface area contributed by atoms with Crippen LogP contribution in [0.4, 0.5) is 0 Å². The normalized spacial score (nSPS) is 19.2. The van der Waals surface area contributed by atoms with E-state index in [0.717, 1.165) is 24.0 Å². The van der Waals surface area contributed by atoms with Gasteiger partial charge in [0.2, 0.25) is 5.78 Å². The van der Waals surface area contributed by atoms with E-state index in [-0.39, 0.29) is 49.3 Å². The second-order valence-corrected chi connectivity index (χ2v) is 13.4. The predicted octanol–water partition coefficient (Wildman–Crippen LogP) is 7.69. The van der Waals surface area contributed by atoms with Crippen molar-refractivity contribution in [1.29, 1.82) is 0 Å². The summed E-state index contributed by atoms with van der Waals surface area (Å²) in [5.74, 6) is -0.722. The van der Waals surface area contributed by atoms with Gasteiger partial charge in [0.05, 0.1) is 14.5 Å². The summed E-state index contributed by atoms with van der Waals surface area (Å²) >= 11 is 6.81. The molecule has 0 heterocycles. The Morgan fingerprint density at radius 1 is 0.853 bits per heavy atom. The number of aromatic hydroxyl groups is 2. The molecule has 4 rings (SSSR count). The van der Waals surface area contributed by atoms with E-state index in [1.165, 1.54) is 0 Å². The van der Waals surface area contributed by atoms with E-state index >= 15 is 0 Å². The number of allylic oxidation sites excluding steroid dienone is 2. The number of halogens is 2. The second kappa shape index (κ2) is 7.79. The zero-order valence-electron chi connectivity index (χ0n) is 20.6. The van der Waals surface area contributed by atoms with Crippen LogP contribution in [0, 0.1) is 0 Å². The van der Waals surface area contributed by atoms with Gasteiger partial charge in [-0.25, -0.2) is 0 Å². The van der Waals surface area contributed by atoms with Crippen LogP contribution >= 0.6 is 31.9 Å². The zero-order chi connectivity index (χ0) is 25.5. The van der Waals surface area contributed by atoms with Crippen LogP contribution < -0.4 is 0 Å². The molecule has 4 nitrogen and oxygen atoms in total. The number of carbonyl (C=O) groups excluding carboxylic acids is 2. The molecule has 0 aliphatic heterocycles. The summed E-state index contributed by atoms with van der Waals surface area (Å²) in [6.45, 7) is 14.3. The van der Waals surface area contributed by atoms with Crippen molar-refractivity contribution in [3.63, 3.8) is 0 Å². The quantitative estimate of drug-likeness (QED) is 0.357. The Bertz CT molecular complexity index is 1310. The number of Topliss-reactive ketones (excluding diaryl/α,β-unsaturated/α-hetero) is 2. The minimum atomic E-state index is -0.404. The number of ketones is 2. The van der Waals surface area contributed by atoms with Crippen molar-refractivity contribution < 1.29 is 19.8 Å². The monoisotopic (exact) mass is 588 g/mol. The molecule has 6 heteroatoms. The average Bonchev–Trinajstić information content (AvgIpc) is 2.70. The van der Waals surface area contributed by atoms with Crippen molar-refractivity contribution in [2.45, 2.75) is 77.6 Å². The Balaban J connectivity index is 2.01. The Labute approximate surface area is 217 Å². The van der Waals surface area contributed by atoms with Crippen LogP contribution in [0.1, 0.15) is 104 Å². The number of hydrogen-bond acceptors (Lipinski definition) is 4. The third-order valence-corrected chi connectivity index (χ3v) is 8.72. The van der Waals surface area contributed by atoms with Crippen LogP contribution in [-0.4, -0.2) is 21.8 Å². The van der Waals surface area contributed by atoms with E-state index in [0.29, 0.717) is 15.6 Å². The number of phenols is 2. The fourth-order valence-electron chi connectivity index (χ4n) is 5.21. The highest BCUT2D eigenvalue weighted by atomic mass is 79.9. The molecule has 2 aliphatic carbocycles. The van der Waals surface area contributed by atoms with Gasteiger partial charge < -0.3 is 10.2 Å². The largest absolute Gasteiger partial charge is 0.507 e. The highest BCUT2D eigenvalue weighted by Gasteiger charge is 2.44. The third kappa shape index (κ3) is 3.69. The van der Waals surface area contributed by atoms with Gasteiger partial charge in [-0.3, -0.25) is 9.59 Å². The molecule has 0 amide bonds. The van der Waals surface area contributed by atoms with Gasteiger partial charge in [-0.1, -0.05) is 48.5 Å². The Kier molecular flexibility index (Phi) is 5.77. The molecule has 2 aliphatic rings. The minimum Gasteiger partial charge on any atom is -0.507 e. The molecule has 2 aromatic carbocycles. The highest BCUT2D eigenvalue weighted by molar-refractivity contribution is 9.12. The van der Waals surface area contributed by atoms with Gasteiger partial charge in [-0.2, -0.15) is 0 Å². The third-order valence-electron chi connectivity index (χ3n) is 7.36. The van der Waals surface area contributed by atoms with E-state index in [1.54, 1.807) is 12.1 Å². The summed E-state index contributed by atoms with van der Waals surface area (Å²) in [5.41, 5.74) is 2.36. The topological polar surface area (TPSA) is 74.6 Å². The molecule has 0 aromatic heterocycles. The molecule has 2 aromatic rings. The zero-order valence-corrected chi connectivity index (χ0v) is 23.8.